The number of benzene rings is 3. The summed E-state index contributed by atoms with van der Waals surface area (Å²) in [5.74, 6) is 0.00124. The summed E-state index contributed by atoms with van der Waals surface area (Å²) in [5.41, 5.74) is 0.399. The van der Waals surface area contributed by atoms with E-state index in [4.69, 9.17) is 24.1 Å². The molecule has 3 aromatic rings. The molecule has 0 aliphatic carbocycles. The first kappa shape index (κ1) is 31.4. The Kier molecular flexibility index (Phi) is 10.5. The third kappa shape index (κ3) is 8.03. The molecule has 2 amide bonds. The van der Waals surface area contributed by atoms with Gasteiger partial charge < -0.3 is 24.1 Å². The fourth-order valence-electron chi connectivity index (χ4n) is 3.87. The quantitative estimate of drug-likeness (QED) is 0.0972. The molecular formula is C30H29NO8S3. The minimum Gasteiger partial charge on any atom is -0.497 e. The van der Waals surface area contributed by atoms with Gasteiger partial charge in [-0.25, -0.2) is 4.90 Å². The maximum Gasteiger partial charge on any atom is 0.307 e. The molecule has 0 fully saturated rings. The van der Waals surface area contributed by atoms with Crippen LogP contribution in [-0.2, 0) is 19.1 Å². The standard InChI is InChI=1S/C30H29NO8S3/c1-30(40,18-25(32)33)39-17-16-38-22-6-4-19(5-7-22)31-28(34)26(41-23-12-8-20(36-2)9-13-23)27(29(31)35)42-24-14-10-21(37-3)11-15-24/h4-15,40H,16-18H2,1-3H3,(H,32,33). The number of carbonyl (C=O) groups excluding carboxylic acids is 2. The van der Waals surface area contributed by atoms with E-state index in [1.54, 1.807) is 69.7 Å². The Morgan fingerprint density at radius 1 is 0.786 bits per heavy atom. The highest BCUT2D eigenvalue weighted by atomic mass is 32.2. The van der Waals surface area contributed by atoms with Gasteiger partial charge in [-0.05, 0) is 79.7 Å². The summed E-state index contributed by atoms with van der Waals surface area (Å²) in [6, 6.07) is 21.1. The Balaban J connectivity index is 1.50. The van der Waals surface area contributed by atoms with Gasteiger partial charge in [0, 0.05) is 9.79 Å². The van der Waals surface area contributed by atoms with E-state index in [1.807, 2.05) is 24.3 Å². The molecule has 1 N–H and O–H groups in total. The van der Waals surface area contributed by atoms with Crippen molar-refractivity contribution in [1.29, 1.82) is 0 Å². The van der Waals surface area contributed by atoms with E-state index in [1.165, 1.54) is 23.5 Å². The molecule has 1 atom stereocenters. The summed E-state index contributed by atoms with van der Waals surface area (Å²) in [6.45, 7) is 1.85. The molecule has 0 radical (unpaired) electrons. The van der Waals surface area contributed by atoms with Crippen molar-refractivity contribution in [1.82, 2.24) is 0 Å². The number of carboxylic acids is 1. The second-order valence-corrected chi connectivity index (χ2v) is 12.2. The fraction of sp³-hybridized carbons (Fsp3) is 0.233. The van der Waals surface area contributed by atoms with Crippen LogP contribution < -0.4 is 19.1 Å². The van der Waals surface area contributed by atoms with Gasteiger partial charge in [0.1, 0.15) is 28.8 Å². The summed E-state index contributed by atoms with van der Waals surface area (Å²) in [6.07, 6.45) is -0.256. The number of methoxy groups -OCH3 is 2. The normalized spacial score (nSPS) is 14.6. The van der Waals surface area contributed by atoms with E-state index in [2.05, 4.69) is 12.6 Å². The number of rotatable bonds is 14. The Bertz CT molecular complexity index is 1380. The van der Waals surface area contributed by atoms with Crippen LogP contribution in [0.3, 0.4) is 0 Å². The number of aliphatic carboxylic acids is 1. The molecule has 4 rings (SSSR count). The summed E-state index contributed by atoms with van der Waals surface area (Å²) in [4.78, 5) is 40.5. The number of amides is 2. The van der Waals surface area contributed by atoms with Gasteiger partial charge in [0.2, 0.25) is 0 Å². The maximum absolute atomic E-state index is 13.7. The first-order valence-corrected chi connectivity index (χ1v) is 14.8. The third-order valence-corrected chi connectivity index (χ3v) is 8.50. The Morgan fingerprint density at radius 2 is 1.24 bits per heavy atom. The second kappa shape index (κ2) is 14.1. The largest absolute Gasteiger partial charge is 0.497 e. The highest BCUT2D eigenvalue weighted by Gasteiger charge is 2.40. The highest BCUT2D eigenvalue weighted by Crippen LogP contribution is 2.44. The zero-order valence-electron chi connectivity index (χ0n) is 23.1. The van der Waals surface area contributed by atoms with E-state index in [0.717, 1.165) is 14.7 Å². The van der Waals surface area contributed by atoms with Crippen molar-refractivity contribution in [3.8, 4) is 17.2 Å². The van der Waals surface area contributed by atoms with Gasteiger partial charge >= 0.3 is 5.97 Å². The van der Waals surface area contributed by atoms with Gasteiger partial charge in [0.05, 0.1) is 42.7 Å². The van der Waals surface area contributed by atoms with E-state index in [-0.39, 0.29) is 19.6 Å². The van der Waals surface area contributed by atoms with Crippen molar-refractivity contribution in [3.63, 3.8) is 0 Å². The minimum absolute atomic E-state index is 0.125. The number of anilines is 1. The number of thioether (sulfide) groups is 2. The molecule has 0 saturated heterocycles. The zero-order chi connectivity index (χ0) is 30.3. The molecule has 1 aliphatic heterocycles. The predicted octanol–water partition coefficient (Wildman–Crippen LogP) is 5.89. The number of carboxylic acid groups (broad SMARTS) is 1. The Morgan fingerprint density at radius 3 is 1.67 bits per heavy atom. The van der Waals surface area contributed by atoms with Crippen molar-refractivity contribution < 1.29 is 38.4 Å². The van der Waals surface area contributed by atoms with Crippen molar-refractivity contribution in [2.24, 2.45) is 0 Å². The van der Waals surface area contributed by atoms with Crippen molar-refractivity contribution in [3.05, 3.63) is 82.6 Å². The fourth-order valence-corrected chi connectivity index (χ4v) is 6.08. The van der Waals surface area contributed by atoms with Crippen LogP contribution in [0.25, 0.3) is 0 Å². The van der Waals surface area contributed by atoms with E-state index < -0.39 is 22.7 Å². The summed E-state index contributed by atoms with van der Waals surface area (Å²) < 4.78 is 21.6. The van der Waals surface area contributed by atoms with Gasteiger partial charge in [-0.2, -0.15) is 0 Å². The van der Waals surface area contributed by atoms with E-state index >= 15 is 0 Å². The summed E-state index contributed by atoms with van der Waals surface area (Å²) in [7, 11) is 3.16. The molecule has 0 spiro atoms. The second-order valence-electron chi connectivity index (χ2n) is 9.10. The molecule has 12 heteroatoms. The van der Waals surface area contributed by atoms with E-state index in [9.17, 15) is 14.4 Å². The Labute approximate surface area is 257 Å². The van der Waals surface area contributed by atoms with Crippen LogP contribution in [0.5, 0.6) is 17.2 Å². The van der Waals surface area contributed by atoms with Crippen LogP contribution in [0.15, 0.2) is 92.4 Å². The molecule has 3 aromatic carbocycles. The first-order valence-electron chi connectivity index (χ1n) is 12.7. The average Bonchev–Trinajstić information content (AvgIpc) is 3.19. The molecule has 0 aromatic heterocycles. The third-order valence-electron chi connectivity index (χ3n) is 5.90. The van der Waals surface area contributed by atoms with Crippen LogP contribution in [0.1, 0.15) is 13.3 Å². The lowest BCUT2D eigenvalue weighted by atomic mass is 10.2. The van der Waals surface area contributed by atoms with Gasteiger partial charge in [-0.3, -0.25) is 14.4 Å². The molecule has 42 heavy (non-hydrogen) atoms. The Hall–Kier alpha value is -3.58. The SMILES string of the molecule is COc1ccc(SC2=C(Sc3ccc(OC)cc3)C(=O)N(c3ccc(OCCOC(C)(S)CC(=O)O)cc3)C2=O)cc1. The molecule has 1 unspecified atom stereocenters. The lowest BCUT2D eigenvalue weighted by Crippen LogP contribution is -2.31. The number of thiol groups is 1. The molecule has 9 nitrogen and oxygen atoms in total. The average molecular weight is 628 g/mol. The van der Waals surface area contributed by atoms with E-state index in [0.29, 0.717) is 32.7 Å². The zero-order valence-corrected chi connectivity index (χ0v) is 25.6. The smallest absolute Gasteiger partial charge is 0.307 e. The van der Waals surface area contributed by atoms with Crippen molar-refractivity contribution in [2.75, 3.05) is 32.3 Å². The summed E-state index contributed by atoms with van der Waals surface area (Å²) >= 11 is 6.66. The topological polar surface area (TPSA) is 112 Å². The highest BCUT2D eigenvalue weighted by molar-refractivity contribution is 8.08. The van der Waals surface area contributed by atoms with Gasteiger partial charge in [-0.1, -0.05) is 23.5 Å². The summed E-state index contributed by atoms with van der Waals surface area (Å²) in [5, 5.41) is 8.93. The van der Waals surface area contributed by atoms with Crippen LogP contribution >= 0.6 is 36.2 Å². The van der Waals surface area contributed by atoms with Gasteiger partial charge in [-0.15, -0.1) is 12.6 Å². The van der Waals surface area contributed by atoms with Crippen LogP contribution in [-0.4, -0.2) is 55.3 Å². The lowest BCUT2D eigenvalue weighted by molar-refractivity contribution is -0.141. The molecule has 220 valence electrons. The van der Waals surface area contributed by atoms with Crippen LogP contribution in [0, 0.1) is 0 Å². The van der Waals surface area contributed by atoms with Gasteiger partial charge in [0.25, 0.3) is 11.8 Å². The molecule has 1 heterocycles. The number of imide groups is 1. The number of carbonyl (C=O) groups is 3. The van der Waals surface area contributed by atoms with Gasteiger partial charge in [0.15, 0.2) is 0 Å². The van der Waals surface area contributed by atoms with Crippen LogP contribution in [0.2, 0.25) is 0 Å². The van der Waals surface area contributed by atoms with Crippen LogP contribution in [0.4, 0.5) is 5.69 Å². The number of hydrogen-bond acceptors (Lipinski definition) is 10. The molecule has 0 bridgehead atoms. The number of hydrogen-bond donors (Lipinski definition) is 2. The monoisotopic (exact) mass is 627 g/mol. The lowest BCUT2D eigenvalue weighted by Gasteiger charge is -2.22. The predicted molar refractivity (Wildman–Crippen MR) is 165 cm³/mol. The van der Waals surface area contributed by atoms with Crippen molar-refractivity contribution in [2.45, 2.75) is 28.1 Å². The molecule has 1 aliphatic rings. The maximum atomic E-state index is 13.7. The molecule has 0 saturated carbocycles. The number of nitrogens with zero attached hydrogens (tertiary/aromatic N) is 1. The first-order chi connectivity index (χ1) is 20.1. The minimum atomic E-state index is -1.12. The number of ether oxygens (including phenoxy) is 4. The van der Waals surface area contributed by atoms with Crippen molar-refractivity contribution >= 4 is 59.6 Å². The molecular weight excluding hydrogens is 599 g/mol.